The molecule has 0 saturated heterocycles. The van der Waals surface area contributed by atoms with Gasteiger partial charge in [-0.1, -0.05) is 18.2 Å². The molecule has 8 heteroatoms. The number of halogens is 1. The average molecular weight is 359 g/mol. The van der Waals surface area contributed by atoms with Gasteiger partial charge in [0.25, 0.3) is 0 Å². The normalized spacial score (nSPS) is 11.9. The third-order valence-electron chi connectivity index (χ3n) is 3.53. The Balaban J connectivity index is 2.39. The van der Waals surface area contributed by atoms with Gasteiger partial charge in [-0.2, -0.15) is 0 Å². The summed E-state index contributed by atoms with van der Waals surface area (Å²) in [5.41, 5.74) is 0.543. The minimum atomic E-state index is -3.35. The summed E-state index contributed by atoms with van der Waals surface area (Å²) in [5.74, 6) is -0.538. The number of benzene rings is 1. The van der Waals surface area contributed by atoms with E-state index in [0.29, 0.717) is 31.6 Å². The number of nitrogens with zero attached hydrogens (tertiary/aromatic N) is 2. The number of likely N-dealkylation sites (N-methyl/N-ethyl adjacent to an activating group) is 1. The summed E-state index contributed by atoms with van der Waals surface area (Å²) in [6.45, 7) is 1.38. The van der Waals surface area contributed by atoms with Crippen molar-refractivity contribution in [1.29, 1.82) is 0 Å². The molecular weight excluding hydrogens is 333 g/mol. The second kappa shape index (κ2) is 9.71. The molecule has 0 heterocycles. The van der Waals surface area contributed by atoms with Crippen LogP contribution in [-0.4, -0.2) is 70.1 Å². The second-order valence-corrected chi connectivity index (χ2v) is 7.89. The largest absolute Gasteiger partial charge is 0.356 e. The fourth-order valence-electron chi connectivity index (χ4n) is 2.11. The van der Waals surface area contributed by atoms with Crippen molar-refractivity contribution in [2.24, 2.45) is 0 Å². The Morgan fingerprint density at radius 1 is 1.17 bits per heavy atom. The lowest BCUT2D eigenvalue weighted by Gasteiger charge is -2.21. The van der Waals surface area contributed by atoms with Gasteiger partial charge < -0.3 is 10.2 Å². The van der Waals surface area contributed by atoms with E-state index in [4.69, 9.17) is 0 Å². The first-order chi connectivity index (χ1) is 11.2. The van der Waals surface area contributed by atoms with Crippen LogP contribution in [0.1, 0.15) is 12.0 Å². The lowest BCUT2D eigenvalue weighted by atomic mass is 10.1. The van der Waals surface area contributed by atoms with Crippen LogP contribution in [0.25, 0.3) is 0 Å². The van der Waals surface area contributed by atoms with Crippen molar-refractivity contribution in [3.63, 3.8) is 0 Å². The van der Waals surface area contributed by atoms with E-state index in [9.17, 15) is 17.6 Å². The van der Waals surface area contributed by atoms with Crippen LogP contribution < -0.4 is 5.32 Å². The predicted molar refractivity (Wildman–Crippen MR) is 92.7 cm³/mol. The van der Waals surface area contributed by atoms with Crippen molar-refractivity contribution in [3.8, 4) is 0 Å². The molecule has 0 spiro atoms. The fraction of sp³-hybridized carbons (Fsp3) is 0.562. The SMILES string of the molecule is CN(C)CCN(CCC(=O)NCCc1ccccc1F)S(C)(=O)=O. The Kier molecular flexibility index (Phi) is 8.30. The number of sulfonamides is 1. The van der Waals surface area contributed by atoms with Gasteiger partial charge in [0.05, 0.1) is 6.26 Å². The van der Waals surface area contributed by atoms with Crippen molar-refractivity contribution in [2.75, 3.05) is 46.5 Å². The highest BCUT2D eigenvalue weighted by Gasteiger charge is 2.17. The topological polar surface area (TPSA) is 69.7 Å². The number of hydrogen-bond acceptors (Lipinski definition) is 4. The number of nitrogens with one attached hydrogen (secondary N) is 1. The van der Waals surface area contributed by atoms with E-state index >= 15 is 0 Å². The van der Waals surface area contributed by atoms with E-state index < -0.39 is 10.0 Å². The average Bonchev–Trinajstić information content (AvgIpc) is 2.47. The molecule has 0 aliphatic heterocycles. The summed E-state index contributed by atoms with van der Waals surface area (Å²) in [7, 11) is 0.366. The first-order valence-electron chi connectivity index (χ1n) is 7.80. The van der Waals surface area contributed by atoms with Crippen LogP contribution in [0.3, 0.4) is 0 Å². The fourth-order valence-corrected chi connectivity index (χ4v) is 2.94. The molecule has 1 aromatic rings. The maximum absolute atomic E-state index is 13.5. The standard InChI is InChI=1S/C16H26FN3O3S/c1-19(2)12-13-20(24(3,22)23)11-9-16(21)18-10-8-14-6-4-5-7-15(14)17/h4-7H,8-13H2,1-3H3,(H,18,21). The van der Waals surface area contributed by atoms with Gasteiger partial charge in [-0.3, -0.25) is 4.79 Å². The van der Waals surface area contributed by atoms with Crippen LogP contribution in [0.15, 0.2) is 24.3 Å². The van der Waals surface area contributed by atoms with E-state index in [1.807, 2.05) is 19.0 Å². The number of carbonyl (C=O) groups excluding carboxylic acids is 1. The van der Waals surface area contributed by atoms with Crippen molar-refractivity contribution >= 4 is 15.9 Å². The molecule has 0 aliphatic rings. The number of rotatable bonds is 10. The molecule has 1 aromatic carbocycles. The summed E-state index contributed by atoms with van der Waals surface area (Å²) >= 11 is 0. The Bertz CT molecular complexity index is 635. The number of carbonyl (C=O) groups is 1. The van der Waals surface area contributed by atoms with Gasteiger partial charge >= 0.3 is 0 Å². The maximum atomic E-state index is 13.5. The molecule has 0 radical (unpaired) electrons. The Morgan fingerprint density at radius 2 is 1.83 bits per heavy atom. The molecule has 0 saturated carbocycles. The zero-order valence-electron chi connectivity index (χ0n) is 14.5. The van der Waals surface area contributed by atoms with Gasteiger partial charge in [0.1, 0.15) is 5.82 Å². The smallest absolute Gasteiger partial charge is 0.221 e. The van der Waals surface area contributed by atoms with Crippen molar-refractivity contribution in [3.05, 3.63) is 35.6 Å². The molecule has 0 atom stereocenters. The molecule has 0 bridgehead atoms. The third kappa shape index (κ3) is 7.85. The molecular formula is C16H26FN3O3S. The molecule has 136 valence electrons. The number of amides is 1. The van der Waals surface area contributed by atoms with Crippen LogP contribution in [-0.2, 0) is 21.2 Å². The van der Waals surface area contributed by atoms with Gasteiger partial charge in [0.2, 0.25) is 15.9 Å². The predicted octanol–water partition coefficient (Wildman–Crippen LogP) is 0.698. The van der Waals surface area contributed by atoms with Gasteiger partial charge in [0, 0.05) is 32.6 Å². The first-order valence-corrected chi connectivity index (χ1v) is 9.65. The summed E-state index contributed by atoms with van der Waals surface area (Å²) in [6.07, 6.45) is 1.62. The summed E-state index contributed by atoms with van der Waals surface area (Å²) < 4.78 is 38.2. The molecule has 0 aromatic heterocycles. The monoisotopic (exact) mass is 359 g/mol. The second-order valence-electron chi connectivity index (χ2n) is 5.91. The Labute approximate surface area is 143 Å². The molecule has 0 aliphatic carbocycles. The maximum Gasteiger partial charge on any atom is 0.221 e. The van der Waals surface area contributed by atoms with Crippen LogP contribution in [0.4, 0.5) is 4.39 Å². The van der Waals surface area contributed by atoms with Crippen molar-refractivity contribution < 1.29 is 17.6 Å². The summed E-state index contributed by atoms with van der Waals surface area (Å²) in [5, 5.41) is 2.69. The minimum Gasteiger partial charge on any atom is -0.356 e. The van der Waals surface area contributed by atoms with Crippen molar-refractivity contribution in [2.45, 2.75) is 12.8 Å². The quantitative estimate of drug-likeness (QED) is 0.668. The van der Waals surface area contributed by atoms with Gasteiger partial charge in [0.15, 0.2) is 0 Å². The third-order valence-corrected chi connectivity index (χ3v) is 4.83. The minimum absolute atomic E-state index is 0.0811. The number of hydrogen-bond donors (Lipinski definition) is 1. The first kappa shape index (κ1) is 20.5. The highest BCUT2D eigenvalue weighted by Crippen LogP contribution is 2.06. The molecule has 0 fully saturated rings. The Morgan fingerprint density at radius 3 is 2.42 bits per heavy atom. The van der Waals surface area contributed by atoms with E-state index in [1.54, 1.807) is 18.2 Å². The highest BCUT2D eigenvalue weighted by molar-refractivity contribution is 7.88. The van der Waals surface area contributed by atoms with Gasteiger partial charge in [-0.15, -0.1) is 0 Å². The van der Waals surface area contributed by atoms with Crippen LogP contribution in [0, 0.1) is 5.82 Å². The van der Waals surface area contributed by atoms with E-state index in [-0.39, 0.29) is 24.7 Å². The van der Waals surface area contributed by atoms with E-state index in [2.05, 4.69) is 5.32 Å². The van der Waals surface area contributed by atoms with Crippen LogP contribution >= 0.6 is 0 Å². The lowest BCUT2D eigenvalue weighted by Crippen LogP contribution is -2.38. The zero-order chi connectivity index (χ0) is 18.2. The molecule has 0 unspecified atom stereocenters. The molecule has 1 rings (SSSR count). The summed E-state index contributed by atoms with van der Waals surface area (Å²) in [6, 6.07) is 6.42. The van der Waals surface area contributed by atoms with Crippen LogP contribution in [0.2, 0.25) is 0 Å². The Hall–Kier alpha value is -1.51. The molecule has 6 nitrogen and oxygen atoms in total. The lowest BCUT2D eigenvalue weighted by molar-refractivity contribution is -0.121. The van der Waals surface area contributed by atoms with E-state index in [1.165, 1.54) is 10.4 Å². The van der Waals surface area contributed by atoms with Crippen LogP contribution in [0.5, 0.6) is 0 Å². The molecule has 1 amide bonds. The molecule has 24 heavy (non-hydrogen) atoms. The zero-order valence-corrected chi connectivity index (χ0v) is 15.3. The van der Waals surface area contributed by atoms with E-state index in [0.717, 1.165) is 6.26 Å². The van der Waals surface area contributed by atoms with Crippen molar-refractivity contribution in [1.82, 2.24) is 14.5 Å². The van der Waals surface area contributed by atoms with Gasteiger partial charge in [-0.05, 0) is 32.1 Å². The summed E-state index contributed by atoms with van der Waals surface area (Å²) in [4.78, 5) is 13.7. The molecule has 1 N–H and O–H groups in total. The highest BCUT2D eigenvalue weighted by atomic mass is 32.2. The van der Waals surface area contributed by atoms with Gasteiger partial charge in [-0.25, -0.2) is 17.1 Å².